The lowest BCUT2D eigenvalue weighted by atomic mass is 9.81. The summed E-state index contributed by atoms with van der Waals surface area (Å²) in [5, 5.41) is 12.4. The Labute approximate surface area is 147 Å². The zero-order chi connectivity index (χ0) is 17.6. The first-order valence-electron chi connectivity index (χ1n) is 9.04. The van der Waals surface area contributed by atoms with E-state index < -0.39 is 17.3 Å². The van der Waals surface area contributed by atoms with Gasteiger partial charge in [0.2, 0.25) is 5.91 Å². The molecule has 6 heteroatoms. The highest BCUT2D eigenvalue weighted by Crippen LogP contribution is 2.41. The molecule has 2 fully saturated rings. The fraction of sp³-hybridized carbons (Fsp3) is 0.579. The number of nitrogens with zero attached hydrogens (tertiary/aromatic N) is 1. The molecule has 134 valence electrons. The number of carbonyl (C=O) groups excluding carboxylic acids is 1. The van der Waals surface area contributed by atoms with Gasteiger partial charge in [0.15, 0.2) is 0 Å². The number of aryl methyl sites for hydroxylation is 2. The highest BCUT2D eigenvalue weighted by molar-refractivity contribution is 5.92. The van der Waals surface area contributed by atoms with Gasteiger partial charge in [0.1, 0.15) is 11.2 Å². The predicted octanol–water partition coefficient (Wildman–Crippen LogP) is 1.21. The van der Waals surface area contributed by atoms with Crippen LogP contribution in [0, 0.1) is 11.3 Å². The van der Waals surface area contributed by atoms with E-state index in [4.69, 9.17) is 4.74 Å². The predicted molar refractivity (Wildman–Crippen MR) is 91.5 cm³/mol. The summed E-state index contributed by atoms with van der Waals surface area (Å²) < 4.78 is 5.84. The summed E-state index contributed by atoms with van der Waals surface area (Å²) in [7, 11) is 0. The average Bonchev–Trinajstić information content (AvgIpc) is 3.24. The van der Waals surface area contributed by atoms with E-state index in [0.717, 1.165) is 24.2 Å². The number of amides is 1. The number of benzene rings is 1. The number of rotatable bonds is 5. The molecule has 0 radical (unpaired) electrons. The largest absolute Gasteiger partial charge is 0.494 e. The van der Waals surface area contributed by atoms with Crippen molar-refractivity contribution < 1.29 is 19.4 Å². The maximum atomic E-state index is 12.1. The standard InChI is InChI=1S/C19H24N2O4/c1-2-25-16-7-13-5-3-4-12(13)6-14(16)8-21-9-15-17(22)20-10-19(15,11-21)18(23)24/h6-7,15H,2-5,8-11H2,1H3,(H,20,22)(H,23,24)/t15-,19+/m1/s1. The molecule has 2 aliphatic heterocycles. The van der Waals surface area contributed by atoms with Gasteiger partial charge < -0.3 is 15.2 Å². The molecule has 4 rings (SSSR count). The van der Waals surface area contributed by atoms with Crippen molar-refractivity contribution in [1.29, 1.82) is 0 Å². The number of hydrogen-bond donors (Lipinski definition) is 2. The van der Waals surface area contributed by atoms with E-state index in [-0.39, 0.29) is 12.5 Å². The van der Waals surface area contributed by atoms with Crippen LogP contribution >= 0.6 is 0 Å². The summed E-state index contributed by atoms with van der Waals surface area (Å²) in [6, 6.07) is 4.37. The third kappa shape index (κ3) is 2.59. The number of carboxylic acids is 1. The lowest BCUT2D eigenvalue weighted by Gasteiger charge is -2.23. The highest BCUT2D eigenvalue weighted by atomic mass is 16.5. The zero-order valence-electron chi connectivity index (χ0n) is 14.5. The van der Waals surface area contributed by atoms with Gasteiger partial charge in [-0.25, -0.2) is 0 Å². The van der Waals surface area contributed by atoms with Crippen molar-refractivity contribution in [1.82, 2.24) is 10.2 Å². The first kappa shape index (κ1) is 16.4. The van der Waals surface area contributed by atoms with Crippen LogP contribution in [0.4, 0.5) is 0 Å². The average molecular weight is 344 g/mol. The molecule has 2 heterocycles. The molecule has 1 aromatic rings. The number of aliphatic carboxylic acids is 1. The Bertz CT molecular complexity index is 732. The molecule has 25 heavy (non-hydrogen) atoms. The van der Waals surface area contributed by atoms with E-state index in [0.29, 0.717) is 26.2 Å². The summed E-state index contributed by atoms with van der Waals surface area (Å²) >= 11 is 0. The molecular weight excluding hydrogens is 320 g/mol. The second-order valence-corrected chi connectivity index (χ2v) is 7.42. The Morgan fingerprint density at radius 3 is 2.84 bits per heavy atom. The van der Waals surface area contributed by atoms with Crippen LogP contribution in [-0.2, 0) is 29.0 Å². The molecule has 1 aliphatic carbocycles. The van der Waals surface area contributed by atoms with Gasteiger partial charge in [-0.05, 0) is 43.4 Å². The molecule has 1 amide bonds. The first-order valence-corrected chi connectivity index (χ1v) is 9.04. The van der Waals surface area contributed by atoms with Gasteiger partial charge >= 0.3 is 5.97 Å². The van der Waals surface area contributed by atoms with Crippen LogP contribution in [0.5, 0.6) is 5.75 Å². The van der Waals surface area contributed by atoms with Gasteiger partial charge in [0, 0.05) is 31.7 Å². The summed E-state index contributed by atoms with van der Waals surface area (Å²) in [5.74, 6) is -0.578. The van der Waals surface area contributed by atoms with Crippen LogP contribution in [0.25, 0.3) is 0 Å². The van der Waals surface area contributed by atoms with Gasteiger partial charge in [-0.2, -0.15) is 0 Å². The van der Waals surface area contributed by atoms with Crippen molar-refractivity contribution in [3.8, 4) is 5.75 Å². The number of nitrogens with one attached hydrogen (secondary N) is 1. The van der Waals surface area contributed by atoms with E-state index in [1.54, 1.807) is 0 Å². The van der Waals surface area contributed by atoms with E-state index in [2.05, 4.69) is 22.3 Å². The van der Waals surface area contributed by atoms with Gasteiger partial charge in [0.25, 0.3) is 0 Å². The third-order valence-corrected chi connectivity index (χ3v) is 5.90. The van der Waals surface area contributed by atoms with Crippen molar-refractivity contribution >= 4 is 11.9 Å². The number of likely N-dealkylation sites (tertiary alicyclic amines) is 1. The van der Waals surface area contributed by atoms with Crippen LogP contribution in [0.15, 0.2) is 12.1 Å². The van der Waals surface area contributed by atoms with Gasteiger partial charge in [-0.3, -0.25) is 14.5 Å². The molecule has 2 N–H and O–H groups in total. The summed E-state index contributed by atoms with van der Waals surface area (Å²) in [6.45, 7) is 4.32. The maximum absolute atomic E-state index is 12.1. The molecule has 0 unspecified atom stereocenters. The lowest BCUT2D eigenvalue weighted by Crippen LogP contribution is -2.40. The van der Waals surface area contributed by atoms with E-state index in [9.17, 15) is 14.7 Å². The Balaban J connectivity index is 1.59. The molecule has 2 atom stereocenters. The Morgan fingerprint density at radius 2 is 2.16 bits per heavy atom. The third-order valence-electron chi connectivity index (χ3n) is 5.90. The smallest absolute Gasteiger partial charge is 0.313 e. The van der Waals surface area contributed by atoms with Crippen molar-refractivity contribution in [2.45, 2.75) is 32.7 Å². The number of hydrogen-bond acceptors (Lipinski definition) is 4. The molecule has 6 nitrogen and oxygen atoms in total. The minimum absolute atomic E-state index is 0.135. The maximum Gasteiger partial charge on any atom is 0.313 e. The summed E-state index contributed by atoms with van der Waals surface area (Å²) in [5.41, 5.74) is 2.86. The van der Waals surface area contributed by atoms with E-state index >= 15 is 0 Å². The lowest BCUT2D eigenvalue weighted by molar-refractivity contribution is -0.149. The van der Waals surface area contributed by atoms with Crippen LogP contribution in [0.3, 0.4) is 0 Å². The van der Waals surface area contributed by atoms with Gasteiger partial charge in [-0.15, -0.1) is 0 Å². The molecule has 0 spiro atoms. The van der Waals surface area contributed by atoms with Crippen molar-refractivity contribution in [3.63, 3.8) is 0 Å². The van der Waals surface area contributed by atoms with Crippen LogP contribution in [0.1, 0.15) is 30.0 Å². The fourth-order valence-corrected chi connectivity index (χ4v) is 4.61. The van der Waals surface area contributed by atoms with Crippen molar-refractivity contribution in [2.24, 2.45) is 11.3 Å². The van der Waals surface area contributed by atoms with Crippen molar-refractivity contribution in [2.75, 3.05) is 26.2 Å². The number of fused-ring (bicyclic) bond motifs is 2. The summed E-state index contributed by atoms with van der Waals surface area (Å²) in [6.07, 6.45) is 3.38. The van der Waals surface area contributed by atoms with E-state index in [1.165, 1.54) is 17.5 Å². The SMILES string of the molecule is CCOc1cc2c(cc1CN1C[C@@H]3C(=O)NC[C@]3(C(=O)O)C1)CCC2. The van der Waals surface area contributed by atoms with Gasteiger partial charge in [0.05, 0.1) is 12.5 Å². The van der Waals surface area contributed by atoms with Gasteiger partial charge in [-0.1, -0.05) is 6.07 Å². The fourth-order valence-electron chi connectivity index (χ4n) is 4.61. The topological polar surface area (TPSA) is 78.9 Å². The molecule has 1 aromatic carbocycles. The molecule has 0 bridgehead atoms. The zero-order valence-corrected chi connectivity index (χ0v) is 14.5. The number of ether oxygens (including phenoxy) is 1. The molecule has 2 saturated heterocycles. The molecule has 0 aromatic heterocycles. The van der Waals surface area contributed by atoms with Crippen molar-refractivity contribution in [3.05, 3.63) is 28.8 Å². The summed E-state index contributed by atoms with van der Waals surface area (Å²) in [4.78, 5) is 26.0. The Morgan fingerprint density at radius 1 is 1.40 bits per heavy atom. The highest BCUT2D eigenvalue weighted by Gasteiger charge is 2.59. The Hall–Kier alpha value is -2.08. The molecular formula is C19H24N2O4. The Kier molecular flexibility index (Phi) is 3.95. The molecule has 3 aliphatic rings. The second kappa shape index (κ2) is 6.02. The minimum Gasteiger partial charge on any atom is -0.494 e. The number of carbonyl (C=O) groups is 2. The van der Waals surface area contributed by atoms with Crippen LogP contribution in [0.2, 0.25) is 0 Å². The van der Waals surface area contributed by atoms with Crippen LogP contribution in [-0.4, -0.2) is 48.1 Å². The minimum atomic E-state index is -0.987. The number of carboxylic acid groups (broad SMARTS) is 1. The normalized spacial score (nSPS) is 27.9. The quantitative estimate of drug-likeness (QED) is 0.839. The second-order valence-electron chi connectivity index (χ2n) is 7.42. The monoisotopic (exact) mass is 344 g/mol. The molecule has 0 saturated carbocycles. The first-order chi connectivity index (χ1) is 12.0. The van der Waals surface area contributed by atoms with Crippen LogP contribution < -0.4 is 10.1 Å². The van der Waals surface area contributed by atoms with E-state index in [1.807, 2.05) is 6.92 Å².